The largest absolute Gasteiger partial charge is 0.305 e. The number of nitrogens with zero attached hydrogens (tertiary/aromatic N) is 3. The number of hydrogen-bond acceptors (Lipinski definition) is 2. The maximum absolute atomic E-state index is 13.3. The Balaban J connectivity index is 1.69. The number of hydrogen-bond donors (Lipinski definition) is 0. The average Bonchev–Trinajstić information content (AvgIpc) is 3.31. The number of aryl methyl sites for hydroxylation is 1. The molecule has 0 bridgehead atoms. The van der Waals surface area contributed by atoms with E-state index in [9.17, 15) is 4.79 Å². The van der Waals surface area contributed by atoms with Gasteiger partial charge in [-0.15, -0.1) is 0 Å². The molecule has 2 saturated carbocycles. The highest BCUT2D eigenvalue weighted by atomic mass is 16.1. The number of aromatic nitrogens is 2. The molecule has 3 aliphatic rings. The highest BCUT2D eigenvalue weighted by Crippen LogP contribution is 2.62. The van der Waals surface area contributed by atoms with Crippen LogP contribution in [-0.2, 0) is 23.7 Å². The number of rotatable bonds is 1. The topological polar surface area (TPSA) is 39.2 Å². The van der Waals surface area contributed by atoms with Crippen molar-refractivity contribution in [3.8, 4) is 11.3 Å². The normalized spacial score (nSPS) is 30.7. The third kappa shape index (κ3) is 2.16. The summed E-state index contributed by atoms with van der Waals surface area (Å²) in [4.78, 5) is 17.2. The van der Waals surface area contributed by atoms with Crippen molar-refractivity contribution in [2.24, 2.45) is 18.4 Å². The Hall–Kier alpha value is -2.41. The van der Waals surface area contributed by atoms with Crippen LogP contribution in [0.15, 0.2) is 30.3 Å². The van der Waals surface area contributed by atoms with Gasteiger partial charge in [-0.05, 0) is 31.6 Å². The van der Waals surface area contributed by atoms with Crippen LogP contribution in [0.2, 0.25) is 0 Å². The molecule has 2 aromatic rings. The first-order chi connectivity index (χ1) is 13.5. The third-order valence-corrected chi connectivity index (χ3v) is 7.92. The van der Waals surface area contributed by atoms with Crippen LogP contribution >= 0.6 is 0 Å². The maximum Gasteiger partial charge on any atom is 0.282 e. The van der Waals surface area contributed by atoms with Gasteiger partial charge in [0.05, 0.1) is 11.4 Å². The molecule has 4 heteroatoms. The fourth-order valence-electron chi connectivity index (χ4n) is 6.82. The molecular weight excluding hydrogens is 346 g/mol. The summed E-state index contributed by atoms with van der Waals surface area (Å²) in [6.45, 7) is 10.0. The van der Waals surface area contributed by atoms with Crippen molar-refractivity contribution in [2.45, 2.75) is 63.3 Å². The van der Waals surface area contributed by atoms with Crippen molar-refractivity contribution in [3.63, 3.8) is 0 Å². The van der Waals surface area contributed by atoms with E-state index in [2.05, 4.69) is 36.0 Å². The molecule has 0 radical (unpaired) electrons. The van der Waals surface area contributed by atoms with E-state index in [4.69, 9.17) is 11.7 Å². The molecule has 2 fully saturated rings. The van der Waals surface area contributed by atoms with Gasteiger partial charge in [0.25, 0.3) is 6.04 Å². The van der Waals surface area contributed by atoms with Gasteiger partial charge >= 0.3 is 0 Å². The van der Waals surface area contributed by atoms with Crippen molar-refractivity contribution in [3.05, 3.63) is 53.0 Å². The van der Waals surface area contributed by atoms with Crippen molar-refractivity contribution in [1.82, 2.24) is 9.78 Å². The highest BCUT2D eigenvalue weighted by molar-refractivity contribution is 5.93. The van der Waals surface area contributed by atoms with E-state index in [1.54, 1.807) is 0 Å². The molecule has 1 spiro atoms. The first-order valence-corrected chi connectivity index (χ1v) is 10.5. The summed E-state index contributed by atoms with van der Waals surface area (Å²) >= 11 is 0. The Morgan fingerprint density at radius 3 is 2.61 bits per heavy atom. The van der Waals surface area contributed by atoms with Gasteiger partial charge in [0.1, 0.15) is 0 Å². The van der Waals surface area contributed by atoms with E-state index in [1.165, 1.54) is 16.8 Å². The molecule has 1 heterocycles. The second-order valence-corrected chi connectivity index (χ2v) is 9.25. The summed E-state index contributed by atoms with van der Waals surface area (Å²) < 4.78 is 2.03. The van der Waals surface area contributed by atoms with Gasteiger partial charge in [-0.25, -0.2) is 6.57 Å². The number of carbonyl (C=O) groups excluding carboxylic acids is 1. The van der Waals surface area contributed by atoms with Crippen LogP contribution in [0.3, 0.4) is 0 Å². The molecule has 0 saturated heterocycles. The molecule has 3 atom stereocenters. The lowest BCUT2D eigenvalue weighted by Crippen LogP contribution is -2.58. The van der Waals surface area contributed by atoms with Crippen LogP contribution in [0.4, 0.5) is 0 Å². The fraction of sp³-hybridized carbons (Fsp3) is 0.542. The maximum atomic E-state index is 13.3. The van der Waals surface area contributed by atoms with Crippen molar-refractivity contribution in [2.75, 3.05) is 0 Å². The van der Waals surface area contributed by atoms with Gasteiger partial charge in [0.15, 0.2) is 0 Å². The molecule has 1 aromatic heterocycles. The Bertz CT molecular complexity index is 977. The van der Waals surface area contributed by atoms with Gasteiger partial charge in [0, 0.05) is 35.4 Å². The van der Waals surface area contributed by atoms with Crippen LogP contribution in [-0.4, -0.2) is 21.6 Å². The molecule has 0 N–H and O–H groups in total. The predicted octanol–water partition coefficient (Wildman–Crippen LogP) is 4.73. The van der Waals surface area contributed by atoms with Crippen LogP contribution in [0.1, 0.15) is 56.7 Å². The van der Waals surface area contributed by atoms with E-state index < -0.39 is 6.04 Å². The van der Waals surface area contributed by atoms with Crippen LogP contribution in [0, 0.1) is 17.9 Å². The van der Waals surface area contributed by atoms with Gasteiger partial charge in [0.2, 0.25) is 5.78 Å². The molecule has 0 aliphatic heterocycles. The van der Waals surface area contributed by atoms with E-state index in [-0.39, 0.29) is 16.6 Å². The standard InChI is InChI=1S/C24H27N3O/c1-23-15-18(25-2)22(28)24(13-7-8-14-24)19(23)12-11-17-20(27(3)26-21(17)23)16-9-5-4-6-10-16/h4-6,9-10,18-19H,7-8,11-15H2,1,3H3/t18?,19-,23+/m1/s1. The minimum Gasteiger partial charge on any atom is -0.305 e. The summed E-state index contributed by atoms with van der Waals surface area (Å²) in [5, 5.41) is 5.03. The smallest absolute Gasteiger partial charge is 0.282 e. The van der Waals surface area contributed by atoms with Gasteiger partial charge in [-0.2, -0.15) is 5.10 Å². The highest BCUT2D eigenvalue weighted by Gasteiger charge is 2.64. The van der Waals surface area contributed by atoms with E-state index >= 15 is 0 Å². The van der Waals surface area contributed by atoms with Crippen LogP contribution in [0.25, 0.3) is 16.1 Å². The average molecular weight is 374 g/mol. The van der Waals surface area contributed by atoms with E-state index in [0.717, 1.165) is 44.2 Å². The monoisotopic (exact) mass is 373 g/mol. The van der Waals surface area contributed by atoms with Gasteiger partial charge < -0.3 is 4.85 Å². The number of ketones is 1. The Morgan fingerprint density at radius 1 is 1.21 bits per heavy atom. The van der Waals surface area contributed by atoms with Crippen LogP contribution in [0.5, 0.6) is 0 Å². The lowest BCUT2D eigenvalue weighted by Gasteiger charge is -2.52. The molecule has 1 aromatic carbocycles. The predicted molar refractivity (Wildman–Crippen MR) is 109 cm³/mol. The van der Waals surface area contributed by atoms with Crippen molar-refractivity contribution >= 4 is 5.78 Å². The summed E-state index contributed by atoms with van der Waals surface area (Å²) in [5.41, 5.74) is 4.41. The minimum absolute atomic E-state index is 0.189. The van der Waals surface area contributed by atoms with E-state index in [0.29, 0.717) is 12.3 Å². The number of fused-ring (bicyclic) bond motifs is 4. The lowest BCUT2D eigenvalue weighted by molar-refractivity contribution is -0.140. The second-order valence-electron chi connectivity index (χ2n) is 9.25. The lowest BCUT2D eigenvalue weighted by atomic mass is 9.48. The van der Waals surface area contributed by atoms with Crippen molar-refractivity contribution < 1.29 is 4.79 Å². The summed E-state index contributed by atoms with van der Waals surface area (Å²) in [6, 6.07) is 9.98. The second kappa shape index (κ2) is 6.04. The molecular formula is C24H27N3O. The minimum atomic E-state index is -0.507. The van der Waals surface area contributed by atoms with Gasteiger partial charge in [-0.3, -0.25) is 9.48 Å². The summed E-state index contributed by atoms with van der Waals surface area (Å²) in [7, 11) is 2.03. The number of carbonyl (C=O) groups is 1. The molecule has 28 heavy (non-hydrogen) atoms. The zero-order valence-electron chi connectivity index (χ0n) is 16.7. The Kier molecular flexibility index (Phi) is 3.81. The zero-order chi connectivity index (χ0) is 19.5. The van der Waals surface area contributed by atoms with Crippen molar-refractivity contribution in [1.29, 1.82) is 0 Å². The van der Waals surface area contributed by atoms with Crippen LogP contribution < -0.4 is 0 Å². The fourth-order valence-corrected chi connectivity index (χ4v) is 6.82. The SMILES string of the molecule is [C-]#[N+]C1C[C@]2(C)c3nn(C)c(-c4ccccc4)c3CC[C@H]2C2(CCCC2)C1=O. The number of benzene rings is 1. The summed E-state index contributed by atoms with van der Waals surface area (Å²) in [5.74, 6) is 0.559. The molecule has 1 unspecified atom stereocenters. The van der Waals surface area contributed by atoms with E-state index in [1.807, 2.05) is 17.8 Å². The molecule has 5 rings (SSSR count). The number of Topliss-reactive ketones (excluding diaryl/α,β-unsaturated/α-hetero) is 1. The Morgan fingerprint density at radius 2 is 1.93 bits per heavy atom. The van der Waals surface area contributed by atoms with Gasteiger partial charge in [-0.1, -0.05) is 50.1 Å². The molecule has 0 amide bonds. The Labute approximate surface area is 166 Å². The molecule has 3 aliphatic carbocycles. The first-order valence-electron chi connectivity index (χ1n) is 10.5. The quantitative estimate of drug-likeness (QED) is 0.678. The molecule has 4 nitrogen and oxygen atoms in total. The molecule has 144 valence electrons. The first kappa shape index (κ1) is 17.7. The summed E-state index contributed by atoms with van der Waals surface area (Å²) in [6.07, 6.45) is 6.80. The zero-order valence-corrected chi connectivity index (χ0v) is 16.7. The third-order valence-electron chi connectivity index (χ3n) is 7.92.